The fraction of sp³-hybridized carbons (Fsp3) is 0.200. The molecule has 0 N–H and O–H groups in total. The topological polar surface area (TPSA) is 39.2 Å². The predicted octanol–water partition coefficient (Wildman–Crippen LogP) is 1.04. The zero-order chi connectivity index (χ0) is 7.56. The zero-order valence-electron chi connectivity index (χ0n) is 5.20. The Morgan fingerprint density at radius 3 is 3.00 bits per heavy atom. The van der Waals surface area contributed by atoms with Crippen LogP contribution in [0.3, 0.4) is 0 Å². The van der Waals surface area contributed by atoms with Crippen LogP contribution in [0.15, 0.2) is 10.3 Å². The first kappa shape index (κ1) is 7.56. The third-order valence-corrected chi connectivity index (χ3v) is 2.16. The molecule has 0 spiro atoms. The van der Waals surface area contributed by atoms with Crippen molar-refractivity contribution in [1.29, 1.82) is 0 Å². The van der Waals surface area contributed by atoms with Gasteiger partial charge in [-0.15, -0.1) is 0 Å². The highest BCUT2D eigenvalue weighted by atomic mass is 32.1. The summed E-state index contributed by atoms with van der Waals surface area (Å²) in [5.74, 6) is 0. The molecule has 0 unspecified atom stereocenters. The summed E-state index contributed by atoms with van der Waals surface area (Å²) in [6, 6.07) is 0. The van der Waals surface area contributed by atoms with Crippen molar-refractivity contribution in [3.8, 4) is 5.06 Å². The molecule has 54 valence electrons. The van der Waals surface area contributed by atoms with Crippen molar-refractivity contribution in [3.63, 3.8) is 0 Å². The first-order valence-corrected chi connectivity index (χ1v) is 3.76. The molecule has 0 fully saturated rings. The van der Waals surface area contributed by atoms with Crippen LogP contribution in [0.4, 0.5) is 0 Å². The van der Waals surface area contributed by atoms with Gasteiger partial charge in [-0.25, -0.2) is 4.98 Å². The Labute approximate surface area is 67.3 Å². The molecule has 10 heavy (non-hydrogen) atoms. The Morgan fingerprint density at radius 1 is 1.80 bits per heavy atom. The number of rotatable bonds is 1. The van der Waals surface area contributed by atoms with Gasteiger partial charge >= 0.3 is 0 Å². The van der Waals surface area contributed by atoms with Crippen LogP contribution in [-0.2, 0) is 0 Å². The molecule has 1 aromatic rings. The quantitative estimate of drug-likeness (QED) is 0.512. The molecule has 0 bridgehead atoms. The second kappa shape index (κ2) is 3.03. The molecule has 0 aliphatic rings. The van der Waals surface area contributed by atoms with E-state index in [1.807, 2.05) is 0 Å². The fourth-order valence-corrected chi connectivity index (χ4v) is 1.30. The molecule has 0 radical (unpaired) electrons. The van der Waals surface area contributed by atoms with Gasteiger partial charge in [0.15, 0.2) is 5.06 Å². The molecule has 0 saturated heterocycles. The summed E-state index contributed by atoms with van der Waals surface area (Å²) < 4.78 is 4.60. The average Bonchev–Trinajstić information content (AvgIpc) is 1.95. The van der Waals surface area contributed by atoms with E-state index in [1.165, 1.54) is 16.8 Å². The van der Waals surface area contributed by atoms with E-state index in [0.29, 0.717) is 10.6 Å². The Kier molecular flexibility index (Phi) is 2.29. The average molecular weight is 175 g/mol. The standard InChI is InChI=1S/C5H5NO2S2/c1-3-4(7)6-2-10-5(3)8-9/h2,9H,1H3. The van der Waals surface area contributed by atoms with Crippen molar-refractivity contribution in [2.75, 3.05) is 0 Å². The van der Waals surface area contributed by atoms with Crippen LogP contribution in [0, 0.1) is 6.92 Å². The molecule has 3 nitrogen and oxygen atoms in total. The number of aromatic nitrogens is 1. The minimum absolute atomic E-state index is 0.261. The Bertz CT molecular complexity index is 283. The van der Waals surface area contributed by atoms with Crippen LogP contribution >= 0.6 is 24.2 Å². The highest BCUT2D eigenvalue weighted by Crippen LogP contribution is 2.18. The summed E-state index contributed by atoms with van der Waals surface area (Å²) >= 11 is 4.81. The molecule has 0 atom stereocenters. The SMILES string of the molecule is Cc1c(OS)scnc1=O. The van der Waals surface area contributed by atoms with Gasteiger partial charge in [0.2, 0.25) is 0 Å². The van der Waals surface area contributed by atoms with Crippen molar-refractivity contribution in [1.82, 2.24) is 4.98 Å². The molecule has 0 amide bonds. The van der Waals surface area contributed by atoms with Gasteiger partial charge in [-0.1, -0.05) is 11.3 Å². The lowest BCUT2D eigenvalue weighted by molar-refractivity contribution is 0.669. The number of hydrogen-bond donors (Lipinski definition) is 1. The van der Waals surface area contributed by atoms with Gasteiger partial charge in [-0.05, 0) is 6.92 Å². The van der Waals surface area contributed by atoms with Crippen molar-refractivity contribution in [3.05, 3.63) is 21.4 Å². The van der Waals surface area contributed by atoms with Gasteiger partial charge in [0.05, 0.1) is 11.1 Å². The summed E-state index contributed by atoms with van der Waals surface area (Å²) in [5.41, 5.74) is 1.67. The summed E-state index contributed by atoms with van der Waals surface area (Å²) in [6.45, 7) is 1.65. The third-order valence-electron chi connectivity index (χ3n) is 1.04. The maximum atomic E-state index is 10.8. The molecule has 0 aliphatic carbocycles. The normalized spacial score (nSPS) is 9.40. The molecule has 1 rings (SSSR count). The van der Waals surface area contributed by atoms with Crippen LogP contribution in [0.25, 0.3) is 0 Å². The van der Waals surface area contributed by atoms with Crippen molar-refractivity contribution in [2.45, 2.75) is 6.92 Å². The monoisotopic (exact) mass is 175 g/mol. The Hall–Kier alpha value is -0.550. The fourth-order valence-electron chi connectivity index (χ4n) is 0.485. The van der Waals surface area contributed by atoms with E-state index in [2.05, 4.69) is 22.1 Å². The molecular weight excluding hydrogens is 170 g/mol. The van der Waals surface area contributed by atoms with Gasteiger partial charge in [-0.3, -0.25) is 4.79 Å². The zero-order valence-corrected chi connectivity index (χ0v) is 6.91. The summed E-state index contributed by atoms with van der Waals surface area (Å²) in [7, 11) is 0. The number of nitrogens with zero attached hydrogens (tertiary/aromatic N) is 1. The molecule has 0 aromatic carbocycles. The Morgan fingerprint density at radius 2 is 2.50 bits per heavy atom. The van der Waals surface area contributed by atoms with Crippen LogP contribution in [-0.4, -0.2) is 4.98 Å². The predicted molar refractivity (Wildman–Crippen MR) is 42.7 cm³/mol. The lowest BCUT2D eigenvalue weighted by Gasteiger charge is -1.96. The van der Waals surface area contributed by atoms with Gasteiger partial charge in [0, 0.05) is 12.9 Å². The van der Waals surface area contributed by atoms with Crippen LogP contribution in [0.2, 0.25) is 0 Å². The van der Waals surface area contributed by atoms with E-state index in [1.54, 1.807) is 6.92 Å². The molecule has 1 heterocycles. The summed E-state index contributed by atoms with van der Waals surface area (Å²) in [6.07, 6.45) is 0. The van der Waals surface area contributed by atoms with E-state index in [4.69, 9.17) is 0 Å². The molecule has 0 saturated carbocycles. The van der Waals surface area contributed by atoms with Crippen LogP contribution < -0.4 is 9.74 Å². The maximum absolute atomic E-state index is 10.8. The van der Waals surface area contributed by atoms with E-state index in [-0.39, 0.29) is 5.56 Å². The van der Waals surface area contributed by atoms with Gasteiger partial charge in [-0.2, -0.15) is 0 Å². The summed E-state index contributed by atoms with van der Waals surface area (Å²) in [5, 5.41) is 0.503. The van der Waals surface area contributed by atoms with Crippen LogP contribution in [0.1, 0.15) is 5.56 Å². The van der Waals surface area contributed by atoms with Crippen molar-refractivity contribution < 1.29 is 4.18 Å². The molecular formula is C5H5NO2S2. The second-order valence-electron chi connectivity index (χ2n) is 1.66. The number of thiol groups is 1. The smallest absolute Gasteiger partial charge is 0.278 e. The Balaban J connectivity index is 3.28. The van der Waals surface area contributed by atoms with Gasteiger partial charge in [0.25, 0.3) is 5.56 Å². The minimum atomic E-state index is -0.261. The highest BCUT2D eigenvalue weighted by Gasteiger charge is 2.01. The number of hydrogen-bond acceptors (Lipinski definition) is 5. The third kappa shape index (κ3) is 1.30. The van der Waals surface area contributed by atoms with Gasteiger partial charge in [0.1, 0.15) is 0 Å². The lowest BCUT2D eigenvalue weighted by atomic mass is 10.4. The molecule has 5 heteroatoms. The lowest BCUT2D eigenvalue weighted by Crippen LogP contribution is -2.07. The first-order valence-electron chi connectivity index (χ1n) is 2.51. The minimum Gasteiger partial charge on any atom is -0.418 e. The second-order valence-corrected chi connectivity index (χ2v) is 2.66. The highest BCUT2D eigenvalue weighted by molar-refractivity contribution is 7.75. The van der Waals surface area contributed by atoms with Crippen molar-refractivity contribution >= 4 is 24.2 Å². The van der Waals surface area contributed by atoms with E-state index < -0.39 is 0 Å². The van der Waals surface area contributed by atoms with Crippen LogP contribution in [0.5, 0.6) is 5.06 Å². The largest absolute Gasteiger partial charge is 0.418 e. The molecule has 1 aromatic heterocycles. The van der Waals surface area contributed by atoms with Crippen molar-refractivity contribution in [2.24, 2.45) is 0 Å². The van der Waals surface area contributed by atoms with Gasteiger partial charge < -0.3 is 4.18 Å². The first-order chi connectivity index (χ1) is 4.75. The van der Waals surface area contributed by atoms with E-state index in [0.717, 1.165) is 0 Å². The van der Waals surface area contributed by atoms with E-state index in [9.17, 15) is 4.79 Å². The maximum Gasteiger partial charge on any atom is 0.278 e. The van der Waals surface area contributed by atoms with E-state index >= 15 is 0 Å². The summed E-state index contributed by atoms with van der Waals surface area (Å²) in [4.78, 5) is 14.3. The molecule has 0 aliphatic heterocycles.